The van der Waals surface area contributed by atoms with Gasteiger partial charge in [0.25, 0.3) is 0 Å². The molecular weight excluding hydrogens is 290 g/mol. The molecule has 1 fully saturated rings. The van der Waals surface area contributed by atoms with Crippen LogP contribution in [0.3, 0.4) is 0 Å². The minimum atomic E-state index is -2.85. The Kier molecular flexibility index (Phi) is 6.16. The number of anilines is 1. The molecule has 1 aromatic rings. The molecule has 0 saturated heterocycles. The van der Waals surface area contributed by atoms with Crippen molar-refractivity contribution in [3.05, 3.63) is 24.3 Å². The van der Waals surface area contributed by atoms with Gasteiger partial charge in [-0.15, -0.1) is 12.4 Å². The van der Waals surface area contributed by atoms with E-state index < -0.39 is 6.61 Å². The van der Waals surface area contributed by atoms with Crippen LogP contribution in [0, 0.1) is 5.92 Å². The van der Waals surface area contributed by atoms with E-state index in [4.69, 9.17) is 5.73 Å². The van der Waals surface area contributed by atoms with E-state index in [1.165, 1.54) is 24.3 Å². The Bertz CT molecular complexity index is 443. The van der Waals surface area contributed by atoms with Crippen molar-refractivity contribution in [1.29, 1.82) is 0 Å². The highest BCUT2D eigenvalue weighted by atomic mass is 35.5. The summed E-state index contributed by atoms with van der Waals surface area (Å²) in [6.07, 6.45) is 2.61. The largest absolute Gasteiger partial charge is 0.435 e. The van der Waals surface area contributed by atoms with Crippen LogP contribution in [-0.4, -0.2) is 18.6 Å². The molecule has 2 rings (SSSR count). The molecule has 0 bridgehead atoms. The lowest BCUT2D eigenvalue weighted by atomic mass is 10.0. The van der Waals surface area contributed by atoms with Crippen LogP contribution in [0.15, 0.2) is 24.3 Å². The van der Waals surface area contributed by atoms with Gasteiger partial charge in [0.1, 0.15) is 5.75 Å². The van der Waals surface area contributed by atoms with Crippen molar-refractivity contribution < 1.29 is 18.3 Å². The van der Waals surface area contributed by atoms with Crippen molar-refractivity contribution >= 4 is 24.0 Å². The number of nitrogens with one attached hydrogen (secondary N) is 1. The third-order valence-electron chi connectivity index (χ3n) is 3.25. The number of carbonyl (C=O) groups is 1. The van der Waals surface area contributed by atoms with Crippen LogP contribution in [0.4, 0.5) is 14.5 Å². The average Bonchev–Trinajstić information content (AvgIpc) is 2.77. The number of rotatable bonds is 4. The number of hydrogen-bond acceptors (Lipinski definition) is 3. The first kappa shape index (κ1) is 16.7. The van der Waals surface area contributed by atoms with Gasteiger partial charge in [-0.2, -0.15) is 8.78 Å². The van der Waals surface area contributed by atoms with Gasteiger partial charge in [0.15, 0.2) is 0 Å². The molecule has 0 aliphatic heterocycles. The molecule has 20 heavy (non-hydrogen) atoms. The van der Waals surface area contributed by atoms with Crippen LogP contribution in [0.2, 0.25) is 0 Å². The van der Waals surface area contributed by atoms with E-state index in [2.05, 4.69) is 10.1 Å². The maximum Gasteiger partial charge on any atom is 0.387 e. The number of hydrogen-bond donors (Lipinski definition) is 2. The van der Waals surface area contributed by atoms with Crippen LogP contribution in [0.25, 0.3) is 0 Å². The lowest BCUT2D eigenvalue weighted by Gasteiger charge is -2.15. The van der Waals surface area contributed by atoms with Crippen LogP contribution in [0.5, 0.6) is 5.75 Å². The number of ether oxygens (including phenoxy) is 1. The van der Waals surface area contributed by atoms with Crippen LogP contribution in [-0.2, 0) is 4.79 Å². The maximum absolute atomic E-state index is 12.0. The molecule has 1 aliphatic rings. The molecule has 2 atom stereocenters. The lowest BCUT2D eigenvalue weighted by molar-refractivity contribution is -0.120. The number of carbonyl (C=O) groups excluding carboxylic acids is 1. The van der Waals surface area contributed by atoms with Gasteiger partial charge in [-0.3, -0.25) is 4.79 Å². The van der Waals surface area contributed by atoms with Gasteiger partial charge >= 0.3 is 6.61 Å². The molecule has 0 aromatic heterocycles. The van der Waals surface area contributed by atoms with Crippen LogP contribution >= 0.6 is 12.4 Å². The van der Waals surface area contributed by atoms with Gasteiger partial charge in [0, 0.05) is 11.7 Å². The molecule has 0 radical (unpaired) electrons. The minimum Gasteiger partial charge on any atom is -0.435 e. The summed E-state index contributed by atoms with van der Waals surface area (Å²) in [5.74, 6) is -0.227. The highest BCUT2D eigenvalue weighted by Gasteiger charge is 2.30. The second-order valence-corrected chi connectivity index (χ2v) is 4.59. The number of halogens is 3. The molecule has 112 valence electrons. The molecule has 1 aromatic carbocycles. The molecule has 0 heterocycles. The van der Waals surface area contributed by atoms with E-state index in [0.29, 0.717) is 5.69 Å². The third-order valence-corrected chi connectivity index (χ3v) is 3.25. The zero-order chi connectivity index (χ0) is 13.8. The first-order chi connectivity index (χ1) is 9.06. The van der Waals surface area contributed by atoms with E-state index in [1.807, 2.05) is 0 Å². The van der Waals surface area contributed by atoms with Crippen molar-refractivity contribution in [2.24, 2.45) is 11.7 Å². The Morgan fingerprint density at radius 2 is 1.95 bits per heavy atom. The number of alkyl halides is 2. The topological polar surface area (TPSA) is 64.4 Å². The summed E-state index contributed by atoms with van der Waals surface area (Å²) in [6.45, 7) is -2.85. The third kappa shape index (κ3) is 4.31. The summed E-state index contributed by atoms with van der Waals surface area (Å²) in [7, 11) is 0. The Morgan fingerprint density at radius 3 is 2.45 bits per heavy atom. The average molecular weight is 307 g/mol. The summed E-state index contributed by atoms with van der Waals surface area (Å²) < 4.78 is 28.2. The summed E-state index contributed by atoms with van der Waals surface area (Å²) in [4.78, 5) is 11.9. The van der Waals surface area contributed by atoms with E-state index in [9.17, 15) is 13.6 Å². The van der Waals surface area contributed by atoms with Crippen molar-refractivity contribution in [2.45, 2.75) is 31.9 Å². The minimum absolute atomic E-state index is 0. The highest BCUT2D eigenvalue weighted by Crippen LogP contribution is 2.26. The first-order valence-corrected chi connectivity index (χ1v) is 6.17. The van der Waals surface area contributed by atoms with E-state index in [0.717, 1.165) is 19.3 Å². The fourth-order valence-corrected chi connectivity index (χ4v) is 2.27. The quantitative estimate of drug-likeness (QED) is 0.899. The summed E-state index contributed by atoms with van der Waals surface area (Å²) in [5, 5.41) is 2.73. The van der Waals surface area contributed by atoms with Gasteiger partial charge in [-0.25, -0.2) is 0 Å². The monoisotopic (exact) mass is 306 g/mol. The highest BCUT2D eigenvalue weighted by molar-refractivity contribution is 5.93. The summed E-state index contributed by atoms with van der Waals surface area (Å²) in [6, 6.07) is 5.72. The van der Waals surface area contributed by atoms with Gasteiger partial charge in [-0.05, 0) is 37.1 Å². The molecule has 1 saturated carbocycles. The predicted octanol–water partition coefficient (Wildman–Crippen LogP) is 2.78. The standard InChI is InChI=1S/C13H16F2N2O2.ClH/c14-13(15)19-9-6-4-8(5-7-9)17-12(18)10-2-1-3-11(10)16;/h4-7,10-11,13H,1-3,16H2,(H,17,18);1H. The molecule has 7 heteroatoms. The Morgan fingerprint density at radius 1 is 1.30 bits per heavy atom. The van der Waals surface area contributed by atoms with Gasteiger partial charge in [0.2, 0.25) is 5.91 Å². The second kappa shape index (κ2) is 7.40. The Labute approximate surface area is 122 Å². The molecule has 1 amide bonds. The van der Waals surface area contributed by atoms with Crippen molar-refractivity contribution in [1.82, 2.24) is 0 Å². The van der Waals surface area contributed by atoms with E-state index >= 15 is 0 Å². The normalized spacial score (nSPS) is 21.4. The van der Waals surface area contributed by atoms with Crippen molar-refractivity contribution in [3.8, 4) is 5.75 Å². The maximum atomic E-state index is 12.0. The molecule has 3 N–H and O–H groups in total. The van der Waals surface area contributed by atoms with Gasteiger partial charge in [0.05, 0.1) is 5.92 Å². The van der Waals surface area contributed by atoms with Crippen molar-refractivity contribution in [3.63, 3.8) is 0 Å². The van der Waals surface area contributed by atoms with Gasteiger partial charge < -0.3 is 15.8 Å². The lowest BCUT2D eigenvalue weighted by Crippen LogP contribution is -2.34. The van der Waals surface area contributed by atoms with E-state index in [-0.39, 0.29) is 36.0 Å². The number of nitrogens with two attached hydrogens (primary N) is 1. The first-order valence-electron chi connectivity index (χ1n) is 6.17. The number of benzene rings is 1. The summed E-state index contributed by atoms with van der Waals surface area (Å²) in [5.41, 5.74) is 6.40. The van der Waals surface area contributed by atoms with E-state index in [1.54, 1.807) is 0 Å². The van der Waals surface area contributed by atoms with Crippen molar-refractivity contribution in [2.75, 3.05) is 5.32 Å². The summed E-state index contributed by atoms with van der Waals surface area (Å²) >= 11 is 0. The Hall–Kier alpha value is -1.40. The Balaban J connectivity index is 0.00000200. The smallest absolute Gasteiger partial charge is 0.387 e. The SMILES string of the molecule is Cl.NC1CCCC1C(=O)Nc1ccc(OC(F)F)cc1. The second-order valence-electron chi connectivity index (χ2n) is 4.59. The molecule has 0 spiro atoms. The predicted molar refractivity (Wildman–Crippen MR) is 74.3 cm³/mol. The molecule has 2 unspecified atom stereocenters. The van der Waals surface area contributed by atoms with Crippen LogP contribution < -0.4 is 15.8 Å². The zero-order valence-electron chi connectivity index (χ0n) is 10.7. The fourth-order valence-electron chi connectivity index (χ4n) is 2.27. The zero-order valence-corrected chi connectivity index (χ0v) is 11.5. The van der Waals surface area contributed by atoms with Crippen LogP contribution in [0.1, 0.15) is 19.3 Å². The molecular formula is C13H17ClF2N2O2. The molecule has 4 nitrogen and oxygen atoms in total. The number of amides is 1. The fraction of sp³-hybridized carbons (Fsp3) is 0.462. The van der Waals surface area contributed by atoms with Gasteiger partial charge in [-0.1, -0.05) is 6.42 Å². The molecule has 1 aliphatic carbocycles.